The van der Waals surface area contributed by atoms with Gasteiger partial charge in [0, 0.05) is 6.54 Å². The lowest BCUT2D eigenvalue weighted by atomic mass is 10.1. The number of carbonyl (C=O) groups excluding carboxylic acids is 1. The SMILES string of the molecule is COC(=O)c1ccc(CNS(=O)(=O)c2cn[nH]c2N)cc1. The number of carbonyl (C=O) groups is 1. The van der Waals surface area contributed by atoms with Crippen molar-refractivity contribution in [2.45, 2.75) is 11.4 Å². The van der Waals surface area contributed by atoms with Crippen molar-refractivity contribution in [3.8, 4) is 0 Å². The second-order valence-corrected chi connectivity index (χ2v) is 5.90. The van der Waals surface area contributed by atoms with Crippen LogP contribution in [0, 0.1) is 0 Å². The molecule has 0 aliphatic carbocycles. The van der Waals surface area contributed by atoms with E-state index in [-0.39, 0.29) is 17.3 Å². The lowest BCUT2D eigenvalue weighted by Gasteiger charge is -2.06. The fourth-order valence-electron chi connectivity index (χ4n) is 1.63. The van der Waals surface area contributed by atoms with Gasteiger partial charge in [-0.05, 0) is 17.7 Å². The van der Waals surface area contributed by atoms with Gasteiger partial charge in [-0.15, -0.1) is 0 Å². The van der Waals surface area contributed by atoms with Gasteiger partial charge in [0.1, 0.15) is 10.7 Å². The normalized spacial score (nSPS) is 11.3. The predicted octanol–water partition coefficient (Wildman–Crippen LogP) is 0.257. The number of nitrogen functional groups attached to an aromatic ring is 1. The van der Waals surface area contributed by atoms with E-state index >= 15 is 0 Å². The summed E-state index contributed by atoms with van der Waals surface area (Å²) >= 11 is 0. The number of nitrogens with one attached hydrogen (secondary N) is 2. The highest BCUT2D eigenvalue weighted by Crippen LogP contribution is 2.14. The van der Waals surface area contributed by atoms with Gasteiger partial charge < -0.3 is 10.5 Å². The summed E-state index contributed by atoms with van der Waals surface area (Å²) in [6.07, 6.45) is 1.14. The fraction of sp³-hybridized carbons (Fsp3) is 0.167. The first-order valence-electron chi connectivity index (χ1n) is 5.90. The summed E-state index contributed by atoms with van der Waals surface area (Å²) in [7, 11) is -2.45. The molecule has 1 aromatic heterocycles. The van der Waals surface area contributed by atoms with Crippen LogP contribution in [0.1, 0.15) is 15.9 Å². The molecule has 2 aromatic rings. The quantitative estimate of drug-likeness (QED) is 0.680. The summed E-state index contributed by atoms with van der Waals surface area (Å²) in [5, 5.41) is 5.92. The number of rotatable bonds is 5. The average molecular weight is 310 g/mol. The summed E-state index contributed by atoms with van der Waals surface area (Å²) in [5.41, 5.74) is 6.56. The molecule has 0 fully saturated rings. The van der Waals surface area contributed by atoms with Crippen molar-refractivity contribution in [1.82, 2.24) is 14.9 Å². The molecule has 1 heterocycles. The van der Waals surface area contributed by atoms with Gasteiger partial charge in [-0.2, -0.15) is 5.10 Å². The molecular weight excluding hydrogens is 296 g/mol. The minimum atomic E-state index is -3.74. The number of hydrogen-bond acceptors (Lipinski definition) is 6. The molecule has 2 rings (SSSR count). The molecule has 0 amide bonds. The Morgan fingerprint density at radius 2 is 2.05 bits per heavy atom. The van der Waals surface area contributed by atoms with Crippen LogP contribution in [0.3, 0.4) is 0 Å². The summed E-state index contributed by atoms with van der Waals surface area (Å²) in [4.78, 5) is 11.2. The van der Waals surface area contributed by atoms with Crippen molar-refractivity contribution >= 4 is 21.8 Å². The van der Waals surface area contributed by atoms with E-state index in [1.807, 2.05) is 0 Å². The number of benzene rings is 1. The number of hydrogen-bond donors (Lipinski definition) is 3. The van der Waals surface area contributed by atoms with Crippen LogP contribution in [-0.2, 0) is 21.3 Å². The Morgan fingerprint density at radius 3 is 2.57 bits per heavy atom. The summed E-state index contributed by atoms with van der Waals surface area (Å²) in [6.45, 7) is 0.0639. The molecule has 21 heavy (non-hydrogen) atoms. The molecule has 8 nitrogen and oxygen atoms in total. The van der Waals surface area contributed by atoms with Crippen molar-refractivity contribution < 1.29 is 17.9 Å². The zero-order valence-corrected chi connectivity index (χ0v) is 12.0. The molecule has 0 aliphatic heterocycles. The zero-order chi connectivity index (χ0) is 15.5. The molecule has 1 aromatic carbocycles. The largest absolute Gasteiger partial charge is 0.465 e. The Labute approximate surface area is 121 Å². The molecule has 0 aliphatic rings. The van der Waals surface area contributed by atoms with E-state index in [0.717, 1.165) is 6.20 Å². The number of aromatic nitrogens is 2. The standard InChI is InChI=1S/C12H14N4O4S/c1-20-12(17)9-4-2-8(3-5-9)6-15-21(18,19)10-7-14-16-11(10)13/h2-5,7,15H,6H2,1H3,(H3,13,14,16). The van der Waals surface area contributed by atoms with Crippen molar-refractivity contribution in [1.29, 1.82) is 0 Å². The van der Waals surface area contributed by atoms with Gasteiger partial charge in [0.2, 0.25) is 10.0 Å². The maximum absolute atomic E-state index is 12.0. The molecular formula is C12H14N4O4S. The number of anilines is 1. The first-order chi connectivity index (χ1) is 9.94. The number of aromatic amines is 1. The van der Waals surface area contributed by atoms with Crippen LogP contribution in [0.2, 0.25) is 0 Å². The third-order valence-corrected chi connectivity index (χ3v) is 4.19. The number of H-pyrrole nitrogens is 1. The second kappa shape index (κ2) is 5.94. The smallest absolute Gasteiger partial charge is 0.337 e. The predicted molar refractivity (Wildman–Crippen MR) is 74.8 cm³/mol. The van der Waals surface area contributed by atoms with Crippen molar-refractivity contribution in [2.75, 3.05) is 12.8 Å². The van der Waals surface area contributed by atoms with Gasteiger partial charge in [0.25, 0.3) is 0 Å². The number of methoxy groups -OCH3 is 1. The monoisotopic (exact) mass is 310 g/mol. The minimum Gasteiger partial charge on any atom is -0.465 e. The molecule has 4 N–H and O–H groups in total. The molecule has 0 spiro atoms. The minimum absolute atomic E-state index is 0.0245. The lowest BCUT2D eigenvalue weighted by molar-refractivity contribution is 0.0600. The van der Waals surface area contributed by atoms with Gasteiger partial charge in [-0.25, -0.2) is 17.9 Å². The van der Waals surface area contributed by atoms with Crippen molar-refractivity contribution in [3.63, 3.8) is 0 Å². The number of nitrogens with zero attached hydrogens (tertiary/aromatic N) is 1. The van der Waals surface area contributed by atoms with E-state index in [1.54, 1.807) is 24.3 Å². The highest BCUT2D eigenvalue weighted by Gasteiger charge is 2.18. The number of esters is 1. The Hall–Kier alpha value is -2.39. The van der Waals surface area contributed by atoms with E-state index in [4.69, 9.17) is 5.73 Å². The maximum atomic E-state index is 12.0. The number of ether oxygens (including phenoxy) is 1. The van der Waals surface area contributed by atoms with Crippen LogP contribution in [0.5, 0.6) is 0 Å². The maximum Gasteiger partial charge on any atom is 0.337 e. The van der Waals surface area contributed by atoms with E-state index in [9.17, 15) is 13.2 Å². The van der Waals surface area contributed by atoms with Crippen LogP contribution in [0.4, 0.5) is 5.82 Å². The van der Waals surface area contributed by atoms with E-state index in [2.05, 4.69) is 19.7 Å². The Morgan fingerprint density at radius 1 is 1.38 bits per heavy atom. The lowest BCUT2D eigenvalue weighted by Crippen LogP contribution is -2.23. The first kappa shape index (κ1) is 15.0. The zero-order valence-electron chi connectivity index (χ0n) is 11.2. The first-order valence-corrected chi connectivity index (χ1v) is 7.38. The summed E-state index contributed by atoms with van der Waals surface area (Å²) < 4.78 is 30.9. The van der Waals surface area contributed by atoms with Crippen LogP contribution in [0.15, 0.2) is 35.4 Å². The van der Waals surface area contributed by atoms with Crippen molar-refractivity contribution in [3.05, 3.63) is 41.6 Å². The third-order valence-electron chi connectivity index (χ3n) is 2.76. The van der Waals surface area contributed by atoms with E-state index in [1.165, 1.54) is 7.11 Å². The van der Waals surface area contributed by atoms with Gasteiger partial charge >= 0.3 is 5.97 Å². The molecule has 0 atom stereocenters. The van der Waals surface area contributed by atoms with Crippen LogP contribution in [0.25, 0.3) is 0 Å². The highest BCUT2D eigenvalue weighted by atomic mass is 32.2. The summed E-state index contributed by atoms with van der Waals surface area (Å²) in [5.74, 6) is -0.475. The van der Waals surface area contributed by atoms with Crippen LogP contribution < -0.4 is 10.5 Å². The fourth-order valence-corrected chi connectivity index (χ4v) is 2.67. The van der Waals surface area contributed by atoms with Crippen molar-refractivity contribution in [2.24, 2.45) is 0 Å². The van der Waals surface area contributed by atoms with Gasteiger partial charge in [0.15, 0.2) is 0 Å². The molecule has 0 saturated carbocycles. The Kier molecular flexibility index (Phi) is 4.24. The van der Waals surface area contributed by atoms with E-state index < -0.39 is 16.0 Å². The number of nitrogens with two attached hydrogens (primary N) is 1. The topological polar surface area (TPSA) is 127 Å². The van der Waals surface area contributed by atoms with E-state index in [0.29, 0.717) is 11.1 Å². The van der Waals surface area contributed by atoms with Crippen LogP contribution in [-0.4, -0.2) is 31.7 Å². The average Bonchev–Trinajstić information content (AvgIpc) is 2.92. The number of sulfonamides is 1. The van der Waals surface area contributed by atoms with Gasteiger partial charge in [0.05, 0.1) is 18.9 Å². The Bertz CT molecular complexity index is 737. The molecule has 0 saturated heterocycles. The van der Waals surface area contributed by atoms with Gasteiger partial charge in [-0.3, -0.25) is 5.10 Å². The molecule has 0 radical (unpaired) electrons. The summed E-state index contributed by atoms with van der Waals surface area (Å²) in [6, 6.07) is 6.38. The molecule has 112 valence electrons. The van der Waals surface area contributed by atoms with Gasteiger partial charge in [-0.1, -0.05) is 12.1 Å². The molecule has 0 unspecified atom stereocenters. The Balaban J connectivity index is 2.06. The van der Waals surface area contributed by atoms with Crippen LogP contribution >= 0.6 is 0 Å². The third kappa shape index (κ3) is 3.38. The molecule has 9 heteroatoms. The second-order valence-electron chi connectivity index (χ2n) is 4.16. The molecule has 0 bridgehead atoms. The highest BCUT2D eigenvalue weighted by molar-refractivity contribution is 7.89.